The molecule has 3 aromatic rings. The second kappa shape index (κ2) is 10.8. The van der Waals surface area contributed by atoms with Gasteiger partial charge in [-0.15, -0.1) is 0 Å². The fourth-order valence-electron chi connectivity index (χ4n) is 4.87. The van der Waals surface area contributed by atoms with Gasteiger partial charge in [-0.1, -0.05) is 43.3 Å². The van der Waals surface area contributed by atoms with Crippen LogP contribution >= 0.6 is 0 Å². The molecule has 2 N–H and O–H groups in total. The van der Waals surface area contributed by atoms with Crippen molar-refractivity contribution < 1.29 is 27.9 Å². The van der Waals surface area contributed by atoms with Gasteiger partial charge in [-0.2, -0.15) is 13.2 Å². The summed E-state index contributed by atoms with van der Waals surface area (Å²) in [7, 11) is 0. The number of carboxylic acids is 1. The Balaban J connectivity index is 1.58. The molecule has 3 atom stereocenters. The van der Waals surface area contributed by atoms with Gasteiger partial charge in [-0.25, -0.2) is 0 Å². The summed E-state index contributed by atoms with van der Waals surface area (Å²) in [5.41, 5.74) is 1.66. The van der Waals surface area contributed by atoms with E-state index in [0.717, 1.165) is 37.4 Å². The van der Waals surface area contributed by atoms with Gasteiger partial charge in [-0.05, 0) is 80.3 Å². The number of carbonyl (C=O) groups excluding carboxylic acids is 1. The zero-order valence-corrected chi connectivity index (χ0v) is 20.9. The molecule has 37 heavy (non-hydrogen) atoms. The maximum atomic E-state index is 13.7. The van der Waals surface area contributed by atoms with E-state index in [-0.39, 0.29) is 17.6 Å². The van der Waals surface area contributed by atoms with Crippen LogP contribution in [-0.2, 0) is 23.8 Å². The van der Waals surface area contributed by atoms with E-state index < -0.39 is 29.5 Å². The second-order valence-electron chi connectivity index (χ2n) is 9.72. The molecule has 0 spiro atoms. The molecule has 1 aliphatic carbocycles. The minimum Gasteiger partial charge on any atom is -0.481 e. The molecule has 2 aromatic carbocycles. The highest BCUT2D eigenvalue weighted by atomic mass is 19.4. The third kappa shape index (κ3) is 6.06. The Kier molecular flexibility index (Phi) is 7.76. The maximum absolute atomic E-state index is 13.7. The van der Waals surface area contributed by atoms with E-state index in [9.17, 15) is 27.9 Å². The zero-order chi connectivity index (χ0) is 26.7. The summed E-state index contributed by atoms with van der Waals surface area (Å²) < 4.78 is 43.2. The molecule has 4 rings (SSSR count). The average Bonchev–Trinajstić information content (AvgIpc) is 3.57. The van der Waals surface area contributed by atoms with Gasteiger partial charge in [0, 0.05) is 11.7 Å². The molecular formula is C29H31F3N2O3. The summed E-state index contributed by atoms with van der Waals surface area (Å²) in [4.78, 5) is 24.6. The van der Waals surface area contributed by atoms with Crippen LogP contribution in [0.1, 0.15) is 77.9 Å². The molecule has 0 bridgehead atoms. The Morgan fingerprint density at radius 2 is 1.81 bits per heavy atom. The van der Waals surface area contributed by atoms with Crippen LogP contribution in [0.5, 0.6) is 0 Å². The number of carbonyl (C=O) groups is 2. The highest BCUT2D eigenvalue weighted by Crippen LogP contribution is 2.49. The van der Waals surface area contributed by atoms with Gasteiger partial charge in [0.15, 0.2) is 0 Å². The van der Waals surface area contributed by atoms with Crippen molar-refractivity contribution in [3.63, 3.8) is 0 Å². The number of nitrogens with zero attached hydrogens (tertiary/aromatic N) is 1. The van der Waals surface area contributed by atoms with E-state index in [4.69, 9.17) is 0 Å². The molecule has 0 radical (unpaired) electrons. The van der Waals surface area contributed by atoms with Gasteiger partial charge >= 0.3 is 12.1 Å². The van der Waals surface area contributed by atoms with E-state index in [1.165, 1.54) is 17.7 Å². The van der Waals surface area contributed by atoms with Gasteiger partial charge < -0.3 is 15.0 Å². The summed E-state index contributed by atoms with van der Waals surface area (Å²) in [5.74, 6) is -2.55. The smallest absolute Gasteiger partial charge is 0.418 e. The van der Waals surface area contributed by atoms with Crippen LogP contribution in [0.4, 0.5) is 18.9 Å². The molecule has 196 valence electrons. The summed E-state index contributed by atoms with van der Waals surface area (Å²) in [6.07, 6.45) is -1.06. The van der Waals surface area contributed by atoms with Crippen molar-refractivity contribution in [3.05, 3.63) is 88.7 Å². The van der Waals surface area contributed by atoms with Crippen molar-refractivity contribution in [1.82, 2.24) is 4.57 Å². The number of aromatic nitrogens is 1. The fraction of sp³-hybridized carbons (Fsp3) is 0.379. The molecule has 1 aromatic heterocycles. The molecule has 2 unspecified atom stereocenters. The number of aliphatic carboxylic acids is 1. The summed E-state index contributed by atoms with van der Waals surface area (Å²) in [5, 5.41) is 11.7. The van der Waals surface area contributed by atoms with E-state index in [0.29, 0.717) is 17.7 Å². The first kappa shape index (κ1) is 26.5. The highest BCUT2D eigenvalue weighted by molar-refractivity contribution is 6.04. The lowest BCUT2D eigenvalue weighted by molar-refractivity contribution is -0.139. The minimum absolute atomic E-state index is 0.0151. The fourth-order valence-corrected chi connectivity index (χ4v) is 4.87. The zero-order valence-electron chi connectivity index (χ0n) is 20.9. The quantitative estimate of drug-likeness (QED) is 0.305. The van der Waals surface area contributed by atoms with Crippen molar-refractivity contribution >= 4 is 17.6 Å². The molecule has 1 heterocycles. The van der Waals surface area contributed by atoms with Crippen molar-refractivity contribution in [2.75, 3.05) is 5.32 Å². The standard InChI is InChI=1S/C29H31F3N2O3/c1-3-18(2)34-21(11-7-10-19-8-5-4-6-9-19)13-15-26(34)27(35)33-25-16-20(22-17-23(22)28(36)37)12-14-24(25)29(30,31)32/h4-6,8-9,12-16,18,22-23H,3,7,10-11,17H2,1-2H3,(H,33,35)(H,36,37)/t18-,22?,23?/m0/s1. The molecule has 5 nitrogen and oxygen atoms in total. The van der Waals surface area contributed by atoms with Crippen LogP contribution < -0.4 is 5.32 Å². The van der Waals surface area contributed by atoms with E-state index >= 15 is 0 Å². The van der Waals surface area contributed by atoms with Crippen molar-refractivity contribution in [2.45, 2.75) is 64.1 Å². The molecular weight excluding hydrogens is 481 g/mol. The number of aryl methyl sites for hydroxylation is 2. The molecule has 0 saturated heterocycles. The molecule has 1 amide bonds. The lowest BCUT2D eigenvalue weighted by atomic mass is 10.0. The largest absolute Gasteiger partial charge is 0.481 e. The predicted octanol–water partition coefficient (Wildman–Crippen LogP) is 7.09. The summed E-state index contributed by atoms with van der Waals surface area (Å²) >= 11 is 0. The second-order valence-corrected chi connectivity index (χ2v) is 9.72. The van der Waals surface area contributed by atoms with Crippen LogP contribution in [0.15, 0.2) is 60.7 Å². The van der Waals surface area contributed by atoms with Gasteiger partial charge in [-0.3, -0.25) is 9.59 Å². The normalized spacial score (nSPS) is 17.9. The molecule has 1 aliphatic rings. The van der Waals surface area contributed by atoms with Gasteiger partial charge in [0.05, 0.1) is 17.2 Å². The number of benzene rings is 2. The SMILES string of the molecule is CC[C@H](C)n1c(CCCc2ccccc2)ccc1C(=O)Nc1cc(C2CC2C(=O)O)ccc1C(F)(F)F. The van der Waals surface area contributed by atoms with Crippen molar-refractivity contribution in [3.8, 4) is 0 Å². The van der Waals surface area contributed by atoms with Crippen molar-refractivity contribution in [2.24, 2.45) is 5.92 Å². The van der Waals surface area contributed by atoms with Crippen LogP contribution in [0.25, 0.3) is 0 Å². The van der Waals surface area contributed by atoms with Crippen LogP contribution in [0.2, 0.25) is 0 Å². The number of anilines is 1. The maximum Gasteiger partial charge on any atom is 0.418 e. The molecule has 0 aliphatic heterocycles. The first-order chi connectivity index (χ1) is 17.6. The Morgan fingerprint density at radius 3 is 2.43 bits per heavy atom. The first-order valence-corrected chi connectivity index (χ1v) is 12.6. The van der Waals surface area contributed by atoms with Crippen LogP contribution in [0, 0.1) is 5.92 Å². The Bertz CT molecular complexity index is 1270. The summed E-state index contributed by atoms with van der Waals surface area (Å²) in [6.45, 7) is 3.98. The number of nitrogens with one attached hydrogen (secondary N) is 1. The van der Waals surface area contributed by atoms with Gasteiger partial charge in [0.25, 0.3) is 5.91 Å². The average molecular weight is 513 g/mol. The molecule has 1 saturated carbocycles. The number of carboxylic acid groups (broad SMARTS) is 1. The number of hydrogen-bond acceptors (Lipinski definition) is 2. The Morgan fingerprint density at radius 1 is 1.08 bits per heavy atom. The van der Waals surface area contributed by atoms with Crippen molar-refractivity contribution in [1.29, 1.82) is 0 Å². The predicted molar refractivity (Wildman–Crippen MR) is 136 cm³/mol. The number of amides is 1. The highest BCUT2D eigenvalue weighted by Gasteiger charge is 2.45. The van der Waals surface area contributed by atoms with Crippen LogP contribution in [0.3, 0.4) is 0 Å². The molecule has 8 heteroatoms. The van der Waals surface area contributed by atoms with Gasteiger partial charge in [0.2, 0.25) is 0 Å². The van der Waals surface area contributed by atoms with E-state index in [1.54, 1.807) is 6.07 Å². The van der Waals surface area contributed by atoms with E-state index in [2.05, 4.69) is 17.4 Å². The number of rotatable bonds is 10. The monoisotopic (exact) mass is 512 g/mol. The lowest BCUT2D eigenvalue weighted by Gasteiger charge is -2.20. The first-order valence-electron chi connectivity index (χ1n) is 12.6. The van der Waals surface area contributed by atoms with Crippen LogP contribution in [-0.4, -0.2) is 21.6 Å². The number of alkyl halides is 3. The topological polar surface area (TPSA) is 71.3 Å². The van der Waals surface area contributed by atoms with E-state index in [1.807, 2.05) is 42.7 Å². The minimum atomic E-state index is -4.67. The number of hydrogen-bond donors (Lipinski definition) is 2. The third-order valence-electron chi connectivity index (χ3n) is 7.14. The Labute approximate surface area is 214 Å². The summed E-state index contributed by atoms with van der Waals surface area (Å²) in [6, 6.07) is 17.1. The molecule has 1 fully saturated rings. The van der Waals surface area contributed by atoms with Gasteiger partial charge in [0.1, 0.15) is 5.69 Å². The third-order valence-corrected chi connectivity index (χ3v) is 7.14. The lowest BCUT2D eigenvalue weighted by Crippen LogP contribution is -2.22. The Hall–Kier alpha value is -3.55. The number of halogens is 3.